The number of hydrogen-bond acceptors (Lipinski definition) is 4. The summed E-state index contributed by atoms with van der Waals surface area (Å²) in [5.41, 5.74) is 0.754. The molecule has 0 spiro atoms. The lowest BCUT2D eigenvalue weighted by atomic mass is 10.1. The second kappa shape index (κ2) is 8.02. The summed E-state index contributed by atoms with van der Waals surface area (Å²) in [6.45, 7) is 7.64. The fraction of sp³-hybridized carbons (Fsp3) is 0.600. The van der Waals surface area contributed by atoms with Crippen LogP contribution in [0.25, 0.3) is 0 Å². The summed E-state index contributed by atoms with van der Waals surface area (Å²) in [4.78, 5) is 0. The maximum atomic E-state index is 9.69. The van der Waals surface area contributed by atoms with Crippen molar-refractivity contribution in [3.8, 4) is 11.5 Å². The zero-order chi connectivity index (χ0) is 14.3. The van der Waals surface area contributed by atoms with E-state index in [-0.39, 0.29) is 0 Å². The maximum absolute atomic E-state index is 9.69. The van der Waals surface area contributed by atoms with Gasteiger partial charge in [-0.1, -0.05) is 13.8 Å². The van der Waals surface area contributed by atoms with Gasteiger partial charge < -0.3 is 19.3 Å². The first kappa shape index (κ1) is 15.8. The molecule has 0 aliphatic rings. The van der Waals surface area contributed by atoms with E-state index in [2.05, 4.69) is 13.8 Å². The molecule has 0 aromatic heterocycles. The number of methoxy groups -OCH3 is 1. The predicted molar refractivity (Wildman–Crippen MR) is 74.8 cm³/mol. The average Bonchev–Trinajstić information content (AvgIpc) is 2.37. The van der Waals surface area contributed by atoms with Crippen LogP contribution in [0.5, 0.6) is 11.5 Å². The molecule has 19 heavy (non-hydrogen) atoms. The fourth-order valence-electron chi connectivity index (χ4n) is 1.64. The van der Waals surface area contributed by atoms with Crippen molar-refractivity contribution >= 4 is 0 Å². The van der Waals surface area contributed by atoms with Crippen LogP contribution >= 0.6 is 0 Å². The van der Waals surface area contributed by atoms with E-state index in [1.807, 2.05) is 12.1 Å². The van der Waals surface area contributed by atoms with Crippen LogP contribution < -0.4 is 9.47 Å². The Balaban J connectivity index is 2.55. The van der Waals surface area contributed by atoms with Crippen molar-refractivity contribution < 1.29 is 19.3 Å². The molecule has 0 amide bonds. The zero-order valence-corrected chi connectivity index (χ0v) is 12.2. The number of aliphatic hydroxyl groups excluding tert-OH is 1. The maximum Gasteiger partial charge on any atom is 0.128 e. The lowest BCUT2D eigenvalue weighted by Gasteiger charge is -2.15. The zero-order valence-electron chi connectivity index (χ0n) is 12.2. The number of rotatable bonds is 8. The monoisotopic (exact) mass is 268 g/mol. The largest absolute Gasteiger partial charge is 0.497 e. The van der Waals surface area contributed by atoms with E-state index >= 15 is 0 Å². The van der Waals surface area contributed by atoms with Crippen LogP contribution in [-0.4, -0.2) is 32.0 Å². The summed E-state index contributed by atoms with van der Waals surface area (Å²) in [5, 5.41) is 9.69. The van der Waals surface area contributed by atoms with Crippen LogP contribution in [0.1, 0.15) is 32.4 Å². The average molecular weight is 268 g/mol. The highest BCUT2D eigenvalue weighted by Crippen LogP contribution is 2.29. The molecule has 1 aromatic carbocycles. The van der Waals surface area contributed by atoms with Gasteiger partial charge in [0.25, 0.3) is 0 Å². The van der Waals surface area contributed by atoms with Gasteiger partial charge in [-0.2, -0.15) is 0 Å². The number of ether oxygens (including phenoxy) is 3. The minimum Gasteiger partial charge on any atom is -0.497 e. The molecule has 0 unspecified atom stereocenters. The van der Waals surface area contributed by atoms with Crippen molar-refractivity contribution in [3.63, 3.8) is 0 Å². The third kappa shape index (κ3) is 5.49. The summed E-state index contributed by atoms with van der Waals surface area (Å²) in [6, 6.07) is 5.41. The van der Waals surface area contributed by atoms with Gasteiger partial charge in [0, 0.05) is 18.2 Å². The second-order valence-corrected chi connectivity index (χ2v) is 4.90. The van der Waals surface area contributed by atoms with Crippen molar-refractivity contribution in [1.29, 1.82) is 0 Å². The third-order valence-electron chi connectivity index (χ3n) is 2.61. The molecule has 0 bridgehead atoms. The van der Waals surface area contributed by atoms with E-state index in [4.69, 9.17) is 14.2 Å². The van der Waals surface area contributed by atoms with E-state index < -0.39 is 6.10 Å². The van der Waals surface area contributed by atoms with Crippen LogP contribution in [0.15, 0.2) is 18.2 Å². The Kier molecular flexibility index (Phi) is 6.67. The molecule has 0 heterocycles. The Morgan fingerprint density at radius 1 is 1.16 bits per heavy atom. The van der Waals surface area contributed by atoms with Crippen LogP contribution in [0, 0.1) is 5.92 Å². The van der Waals surface area contributed by atoms with Gasteiger partial charge >= 0.3 is 0 Å². The molecule has 0 fully saturated rings. The summed E-state index contributed by atoms with van der Waals surface area (Å²) in [5.74, 6) is 1.87. The lowest BCUT2D eigenvalue weighted by molar-refractivity contribution is 0.0805. The SMILES string of the molecule is COc1ccc([C@@H](C)O)c(OCCOCC(C)C)c1. The van der Waals surface area contributed by atoms with Gasteiger partial charge in [-0.15, -0.1) is 0 Å². The van der Waals surface area contributed by atoms with Crippen LogP contribution in [0.3, 0.4) is 0 Å². The predicted octanol–water partition coefficient (Wildman–Crippen LogP) is 2.80. The highest BCUT2D eigenvalue weighted by molar-refractivity contribution is 5.41. The standard InChI is InChI=1S/C15H24O4/c1-11(2)10-18-7-8-19-15-9-13(17-4)5-6-14(15)12(3)16/h5-6,9,11-12,16H,7-8,10H2,1-4H3/t12-/m1/s1. The Bertz CT molecular complexity index is 374. The molecule has 4 heteroatoms. The van der Waals surface area contributed by atoms with Gasteiger partial charge in [0.1, 0.15) is 18.1 Å². The van der Waals surface area contributed by atoms with Gasteiger partial charge in [-0.25, -0.2) is 0 Å². The summed E-state index contributed by atoms with van der Waals surface area (Å²) in [6.07, 6.45) is -0.572. The molecule has 0 saturated heterocycles. The van der Waals surface area contributed by atoms with Crippen LogP contribution in [0.2, 0.25) is 0 Å². The third-order valence-corrected chi connectivity index (χ3v) is 2.61. The Labute approximate surface area is 115 Å². The normalized spacial score (nSPS) is 12.5. The molecule has 1 rings (SSSR count). The second-order valence-electron chi connectivity index (χ2n) is 4.90. The molecule has 1 N–H and O–H groups in total. The van der Waals surface area contributed by atoms with Crippen molar-refractivity contribution in [2.45, 2.75) is 26.9 Å². The van der Waals surface area contributed by atoms with Crippen LogP contribution in [-0.2, 0) is 4.74 Å². The molecule has 1 atom stereocenters. The molecular formula is C15H24O4. The molecule has 4 nitrogen and oxygen atoms in total. The summed E-state index contributed by atoms with van der Waals surface area (Å²) in [7, 11) is 1.60. The minimum atomic E-state index is -0.572. The summed E-state index contributed by atoms with van der Waals surface area (Å²) < 4.78 is 16.3. The van der Waals surface area contributed by atoms with E-state index in [0.717, 1.165) is 12.2 Å². The quantitative estimate of drug-likeness (QED) is 0.736. The van der Waals surface area contributed by atoms with E-state index in [1.165, 1.54) is 0 Å². The van der Waals surface area contributed by atoms with Crippen molar-refractivity contribution in [1.82, 2.24) is 0 Å². The van der Waals surface area contributed by atoms with Gasteiger partial charge in [-0.05, 0) is 25.0 Å². The molecule has 0 saturated carbocycles. The number of aliphatic hydroxyl groups is 1. The molecule has 0 aliphatic carbocycles. The Hall–Kier alpha value is -1.26. The van der Waals surface area contributed by atoms with E-state index in [1.54, 1.807) is 20.1 Å². The highest BCUT2D eigenvalue weighted by atomic mass is 16.5. The highest BCUT2D eigenvalue weighted by Gasteiger charge is 2.10. The minimum absolute atomic E-state index is 0.458. The lowest BCUT2D eigenvalue weighted by Crippen LogP contribution is -2.11. The van der Waals surface area contributed by atoms with Gasteiger partial charge in [0.05, 0.1) is 19.8 Å². The van der Waals surface area contributed by atoms with Crippen molar-refractivity contribution in [2.24, 2.45) is 5.92 Å². The molecular weight excluding hydrogens is 244 g/mol. The van der Waals surface area contributed by atoms with Crippen molar-refractivity contribution in [3.05, 3.63) is 23.8 Å². The Morgan fingerprint density at radius 3 is 2.47 bits per heavy atom. The van der Waals surface area contributed by atoms with E-state index in [0.29, 0.717) is 30.6 Å². The molecule has 0 radical (unpaired) electrons. The van der Waals surface area contributed by atoms with E-state index in [9.17, 15) is 5.11 Å². The smallest absolute Gasteiger partial charge is 0.128 e. The molecule has 1 aromatic rings. The van der Waals surface area contributed by atoms with Gasteiger partial charge in [-0.3, -0.25) is 0 Å². The topological polar surface area (TPSA) is 47.9 Å². The van der Waals surface area contributed by atoms with Crippen LogP contribution in [0.4, 0.5) is 0 Å². The fourth-order valence-corrected chi connectivity index (χ4v) is 1.64. The molecule has 0 aliphatic heterocycles. The first-order valence-electron chi connectivity index (χ1n) is 6.61. The van der Waals surface area contributed by atoms with Gasteiger partial charge in [0.2, 0.25) is 0 Å². The number of benzene rings is 1. The first-order valence-corrected chi connectivity index (χ1v) is 6.61. The Morgan fingerprint density at radius 2 is 1.89 bits per heavy atom. The first-order chi connectivity index (χ1) is 9.04. The van der Waals surface area contributed by atoms with Gasteiger partial charge in [0.15, 0.2) is 0 Å². The summed E-state index contributed by atoms with van der Waals surface area (Å²) >= 11 is 0. The number of hydrogen-bond donors (Lipinski definition) is 1. The van der Waals surface area contributed by atoms with Crippen molar-refractivity contribution in [2.75, 3.05) is 26.9 Å². The molecule has 108 valence electrons.